The van der Waals surface area contributed by atoms with Crippen LogP contribution in [0.15, 0.2) is 0 Å². The van der Waals surface area contributed by atoms with Crippen LogP contribution in [0.3, 0.4) is 0 Å². The molecule has 1 rings (SSSR count). The Morgan fingerprint density at radius 1 is 1.47 bits per heavy atom. The Hall–Kier alpha value is -0.610. The van der Waals surface area contributed by atoms with E-state index in [0.717, 1.165) is 26.1 Å². The van der Waals surface area contributed by atoms with E-state index >= 15 is 0 Å². The Labute approximate surface area is 104 Å². The van der Waals surface area contributed by atoms with Crippen LogP contribution in [-0.2, 0) is 4.79 Å². The number of carboxylic acids is 1. The summed E-state index contributed by atoms with van der Waals surface area (Å²) in [5, 5.41) is 12.6. The molecular weight excluding hydrogens is 216 g/mol. The molecule has 0 spiro atoms. The highest BCUT2D eigenvalue weighted by Gasteiger charge is 2.33. The van der Waals surface area contributed by atoms with Crippen LogP contribution in [0, 0.1) is 0 Å². The number of likely N-dealkylation sites (tertiary alicyclic amines) is 1. The molecule has 1 aliphatic heterocycles. The number of hydrogen-bond donors (Lipinski definition) is 2. The van der Waals surface area contributed by atoms with Crippen LogP contribution in [0.1, 0.15) is 46.5 Å². The van der Waals surface area contributed by atoms with E-state index in [4.69, 9.17) is 0 Å². The van der Waals surface area contributed by atoms with Crippen LogP contribution in [-0.4, -0.2) is 47.2 Å². The van der Waals surface area contributed by atoms with Crippen molar-refractivity contribution >= 4 is 5.97 Å². The highest BCUT2D eigenvalue weighted by molar-refractivity contribution is 5.78. The number of hydrogen-bond acceptors (Lipinski definition) is 3. The van der Waals surface area contributed by atoms with Crippen molar-refractivity contribution in [2.45, 2.75) is 58.0 Å². The third kappa shape index (κ3) is 4.28. The van der Waals surface area contributed by atoms with Gasteiger partial charge in [-0.15, -0.1) is 0 Å². The van der Waals surface area contributed by atoms with Crippen molar-refractivity contribution in [1.29, 1.82) is 0 Å². The topological polar surface area (TPSA) is 52.6 Å². The summed E-state index contributed by atoms with van der Waals surface area (Å²) in [6.45, 7) is 9.16. The first kappa shape index (κ1) is 14.5. The maximum atomic E-state index is 11.3. The second kappa shape index (κ2) is 6.36. The Bertz CT molecular complexity index is 252. The van der Waals surface area contributed by atoms with E-state index < -0.39 is 11.5 Å². The molecule has 2 N–H and O–H groups in total. The zero-order valence-electron chi connectivity index (χ0n) is 11.3. The molecule has 0 radical (unpaired) electrons. The summed E-state index contributed by atoms with van der Waals surface area (Å²) in [7, 11) is 0. The molecule has 17 heavy (non-hydrogen) atoms. The van der Waals surface area contributed by atoms with Gasteiger partial charge in [0.25, 0.3) is 0 Å². The molecule has 100 valence electrons. The summed E-state index contributed by atoms with van der Waals surface area (Å²) >= 11 is 0. The van der Waals surface area contributed by atoms with Crippen LogP contribution >= 0.6 is 0 Å². The van der Waals surface area contributed by atoms with Crippen molar-refractivity contribution in [3.63, 3.8) is 0 Å². The first-order chi connectivity index (χ1) is 7.98. The molecule has 4 heteroatoms. The smallest absolute Gasteiger partial charge is 0.323 e. The van der Waals surface area contributed by atoms with Gasteiger partial charge in [-0.2, -0.15) is 0 Å². The zero-order chi connectivity index (χ0) is 12.9. The molecule has 0 amide bonds. The van der Waals surface area contributed by atoms with Gasteiger partial charge < -0.3 is 10.0 Å². The maximum absolute atomic E-state index is 11.3. The van der Waals surface area contributed by atoms with Crippen LogP contribution in [0.4, 0.5) is 0 Å². The summed E-state index contributed by atoms with van der Waals surface area (Å²) in [5.74, 6) is -0.743. The van der Waals surface area contributed by atoms with Crippen LogP contribution in [0.2, 0.25) is 0 Å². The highest BCUT2D eigenvalue weighted by Crippen LogP contribution is 2.15. The van der Waals surface area contributed by atoms with Gasteiger partial charge in [0.05, 0.1) is 0 Å². The molecule has 1 fully saturated rings. The monoisotopic (exact) mass is 242 g/mol. The molecule has 0 bridgehead atoms. The van der Waals surface area contributed by atoms with Crippen molar-refractivity contribution in [1.82, 2.24) is 10.2 Å². The minimum atomic E-state index is -0.784. The highest BCUT2D eigenvalue weighted by atomic mass is 16.4. The van der Waals surface area contributed by atoms with Crippen molar-refractivity contribution in [2.24, 2.45) is 0 Å². The molecule has 2 unspecified atom stereocenters. The predicted molar refractivity (Wildman–Crippen MR) is 69.2 cm³/mol. The normalized spacial score (nSPS) is 22.3. The van der Waals surface area contributed by atoms with E-state index in [2.05, 4.69) is 17.1 Å². The second-order valence-electron chi connectivity index (χ2n) is 5.44. The van der Waals surface area contributed by atoms with Gasteiger partial charge in [-0.3, -0.25) is 10.1 Å². The molecule has 0 aromatic heterocycles. The SMILES string of the molecule is CCCC(C)(NC(C)CN1CCCC1)C(=O)O. The standard InChI is InChI=1S/C13H26N2O2/c1-4-7-13(3,12(16)17)14-11(2)10-15-8-5-6-9-15/h11,14H,4-10H2,1-3H3,(H,16,17). The lowest BCUT2D eigenvalue weighted by atomic mass is 9.95. The van der Waals surface area contributed by atoms with Gasteiger partial charge in [0.15, 0.2) is 0 Å². The van der Waals surface area contributed by atoms with E-state index in [-0.39, 0.29) is 6.04 Å². The predicted octanol–water partition coefficient (Wildman–Crippen LogP) is 1.70. The summed E-state index contributed by atoms with van der Waals surface area (Å²) in [4.78, 5) is 13.7. The fourth-order valence-electron chi connectivity index (χ4n) is 2.68. The van der Waals surface area contributed by atoms with Gasteiger partial charge in [-0.1, -0.05) is 13.3 Å². The second-order valence-corrected chi connectivity index (χ2v) is 5.44. The van der Waals surface area contributed by atoms with Crippen molar-refractivity contribution in [2.75, 3.05) is 19.6 Å². The van der Waals surface area contributed by atoms with Gasteiger partial charge >= 0.3 is 5.97 Å². The van der Waals surface area contributed by atoms with Gasteiger partial charge in [0, 0.05) is 12.6 Å². The minimum Gasteiger partial charge on any atom is -0.480 e. The van der Waals surface area contributed by atoms with Gasteiger partial charge in [-0.25, -0.2) is 0 Å². The molecule has 0 aromatic rings. The van der Waals surface area contributed by atoms with Crippen LogP contribution < -0.4 is 5.32 Å². The third-order valence-corrected chi connectivity index (χ3v) is 3.52. The number of nitrogens with one attached hydrogen (secondary N) is 1. The molecular formula is C13H26N2O2. The van der Waals surface area contributed by atoms with E-state index in [1.165, 1.54) is 12.8 Å². The van der Waals surface area contributed by atoms with E-state index in [9.17, 15) is 9.90 Å². The third-order valence-electron chi connectivity index (χ3n) is 3.52. The van der Waals surface area contributed by atoms with Gasteiger partial charge in [0.2, 0.25) is 0 Å². The summed E-state index contributed by atoms with van der Waals surface area (Å²) < 4.78 is 0. The molecule has 0 aromatic carbocycles. The Balaban J connectivity index is 2.45. The first-order valence-corrected chi connectivity index (χ1v) is 6.71. The van der Waals surface area contributed by atoms with Gasteiger partial charge in [-0.05, 0) is 46.2 Å². The lowest BCUT2D eigenvalue weighted by Gasteiger charge is -2.31. The summed E-state index contributed by atoms with van der Waals surface area (Å²) in [6, 6.07) is 0.223. The summed E-state index contributed by atoms with van der Waals surface area (Å²) in [6.07, 6.45) is 4.11. The molecule has 1 aliphatic rings. The summed E-state index contributed by atoms with van der Waals surface area (Å²) in [5.41, 5.74) is -0.784. The number of aliphatic carboxylic acids is 1. The number of carbonyl (C=O) groups is 1. The van der Waals surface area contributed by atoms with Crippen molar-refractivity contribution in [3.8, 4) is 0 Å². The maximum Gasteiger partial charge on any atom is 0.323 e. The minimum absolute atomic E-state index is 0.223. The van der Waals surface area contributed by atoms with Crippen molar-refractivity contribution < 1.29 is 9.90 Å². The lowest BCUT2D eigenvalue weighted by molar-refractivity contribution is -0.144. The fourth-order valence-corrected chi connectivity index (χ4v) is 2.68. The average Bonchev–Trinajstić information content (AvgIpc) is 2.70. The molecule has 2 atom stereocenters. The molecule has 0 saturated carbocycles. The number of rotatable bonds is 7. The number of nitrogens with zero attached hydrogens (tertiary/aromatic N) is 1. The molecule has 1 saturated heterocycles. The van der Waals surface area contributed by atoms with E-state index in [1.54, 1.807) is 6.92 Å². The number of carboxylic acid groups (broad SMARTS) is 1. The van der Waals surface area contributed by atoms with E-state index in [0.29, 0.717) is 6.42 Å². The molecule has 1 heterocycles. The van der Waals surface area contributed by atoms with E-state index in [1.807, 2.05) is 6.92 Å². The largest absolute Gasteiger partial charge is 0.480 e. The quantitative estimate of drug-likeness (QED) is 0.713. The lowest BCUT2D eigenvalue weighted by Crippen LogP contribution is -2.55. The van der Waals surface area contributed by atoms with Gasteiger partial charge in [0.1, 0.15) is 5.54 Å². The van der Waals surface area contributed by atoms with Crippen LogP contribution in [0.5, 0.6) is 0 Å². The molecule has 4 nitrogen and oxygen atoms in total. The van der Waals surface area contributed by atoms with Crippen molar-refractivity contribution in [3.05, 3.63) is 0 Å². The molecule has 0 aliphatic carbocycles. The average molecular weight is 242 g/mol. The van der Waals surface area contributed by atoms with Crippen LogP contribution in [0.25, 0.3) is 0 Å². The fraction of sp³-hybridized carbons (Fsp3) is 0.923. The Morgan fingerprint density at radius 3 is 2.53 bits per heavy atom. The first-order valence-electron chi connectivity index (χ1n) is 6.71. The Morgan fingerprint density at radius 2 is 2.06 bits per heavy atom. The zero-order valence-corrected chi connectivity index (χ0v) is 11.3. The Kier molecular flexibility index (Phi) is 5.40.